The maximum Gasteiger partial charge on any atom is 0.227 e. The summed E-state index contributed by atoms with van der Waals surface area (Å²) in [7, 11) is 0. The lowest BCUT2D eigenvalue weighted by Crippen LogP contribution is -2.13. The Kier molecular flexibility index (Phi) is 4.53. The standard InChI is InChI=1S/C27H20N6OS/c34-27(15-1-2-15)30-19-9-18(12-28-13-19)16-3-4-23-20(10-16)26(33-32-23)24-11-21-22(31-24)5-7-29-25(21)17-6-8-35-14-17/h3-15,31H,1-2H2,(H,30,34)(H,32,33). The maximum absolute atomic E-state index is 12.2. The van der Waals surface area contributed by atoms with Crippen molar-refractivity contribution in [3.63, 3.8) is 0 Å². The second kappa shape index (κ2) is 7.89. The van der Waals surface area contributed by atoms with Gasteiger partial charge in [-0.05, 0) is 60.2 Å². The van der Waals surface area contributed by atoms with Crippen molar-refractivity contribution in [2.75, 3.05) is 5.32 Å². The Morgan fingerprint density at radius 3 is 2.71 bits per heavy atom. The van der Waals surface area contributed by atoms with Gasteiger partial charge in [-0.25, -0.2) is 0 Å². The average molecular weight is 477 g/mol. The van der Waals surface area contributed by atoms with Crippen LogP contribution in [0.1, 0.15) is 12.8 Å². The van der Waals surface area contributed by atoms with E-state index in [2.05, 4.69) is 59.4 Å². The molecule has 1 fully saturated rings. The molecule has 35 heavy (non-hydrogen) atoms. The normalized spacial score (nSPS) is 13.5. The molecular weight excluding hydrogens is 456 g/mol. The number of hydrogen-bond donors (Lipinski definition) is 3. The summed E-state index contributed by atoms with van der Waals surface area (Å²) in [6, 6.07) is 14.3. The second-order valence-electron chi connectivity index (χ2n) is 8.87. The van der Waals surface area contributed by atoms with Crippen molar-refractivity contribution in [2.24, 2.45) is 5.92 Å². The van der Waals surface area contributed by atoms with Crippen LogP contribution in [0.25, 0.3) is 55.6 Å². The number of carbonyl (C=O) groups excluding carboxylic acids is 1. The number of aromatic nitrogens is 5. The molecule has 5 heterocycles. The number of nitrogens with one attached hydrogen (secondary N) is 3. The van der Waals surface area contributed by atoms with Crippen LogP contribution < -0.4 is 5.32 Å². The van der Waals surface area contributed by atoms with Crippen LogP contribution in [0.3, 0.4) is 0 Å². The van der Waals surface area contributed by atoms with Crippen molar-refractivity contribution in [3.8, 4) is 33.8 Å². The quantitative estimate of drug-likeness (QED) is 0.274. The van der Waals surface area contributed by atoms with E-state index < -0.39 is 0 Å². The summed E-state index contributed by atoms with van der Waals surface area (Å²) in [5.41, 5.74) is 8.48. The van der Waals surface area contributed by atoms with E-state index in [-0.39, 0.29) is 11.8 Å². The third-order valence-electron chi connectivity index (χ3n) is 6.45. The predicted octanol–water partition coefficient (Wildman–Crippen LogP) is 6.25. The highest BCUT2D eigenvalue weighted by Gasteiger charge is 2.29. The Hall–Kier alpha value is -4.30. The van der Waals surface area contributed by atoms with Crippen molar-refractivity contribution in [1.82, 2.24) is 25.1 Å². The van der Waals surface area contributed by atoms with E-state index in [0.29, 0.717) is 0 Å². The summed E-state index contributed by atoms with van der Waals surface area (Å²) in [4.78, 5) is 24.7. The minimum atomic E-state index is 0.0756. The number of rotatable bonds is 5. The molecule has 0 aliphatic heterocycles. The average Bonchev–Trinajstić information content (AvgIpc) is 3.26. The molecule has 1 amide bonds. The van der Waals surface area contributed by atoms with Gasteiger partial charge in [0.1, 0.15) is 5.69 Å². The minimum Gasteiger partial charge on any atom is -0.353 e. The van der Waals surface area contributed by atoms with Crippen molar-refractivity contribution in [3.05, 3.63) is 71.8 Å². The predicted molar refractivity (Wildman–Crippen MR) is 139 cm³/mol. The zero-order valence-electron chi connectivity index (χ0n) is 18.6. The van der Waals surface area contributed by atoms with Crippen LogP contribution >= 0.6 is 11.3 Å². The molecule has 170 valence electrons. The van der Waals surface area contributed by atoms with Gasteiger partial charge in [-0.2, -0.15) is 16.4 Å². The molecule has 0 saturated heterocycles. The summed E-state index contributed by atoms with van der Waals surface area (Å²) < 4.78 is 0. The first-order valence-corrected chi connectivity index (χ1v) is 12.4. The van der Waals surface area contributed by atoms with Gasteiger partial charge in [0.05, 0.1) is 28.8 Å². The van der Waals surface area contributed by atoms with Gasteiger partial charge < -0.3 is 10.3 Å². The van der Waals surface area contributed by atoms with Crippen LogP contribution in [-0.2, 0) is 4.79 Å². The van der Waals surface area contributed by atoms with E-state index in [1.54, 1.807) is 17.5 Å². The molecule has 0 unspecified atom stereocenters. The lowest BCUT2D eigenvalue weighted by molar-refractivity contribution is -0.117. The summed E-state index contributed by atoms with van der Waals surface area (Å²) in [6.07, 6.45) is 7.28. The first-order chi connectivity index (χ1) is 17.2. The Bertz CT molecular complexity index is 1710. The number of benzene rings is 1. The van der Waals surface area contributed by atoms with Gasteiger partial charge in [0.2, 0.25) is 5.91 Å². The molecule has 5 aromatic heterocycles. The maximum atomic E-state index is 12.2. The number of nitrogens with zero attached hydrogens (tertiary/aromatic N) is 3. The molecule has 0 spiro atoms. The Morgan fingerprint density at radius 2 is 1.86 bits per heavy atom. The highest BCUT2D eigenvalue weighted by molar-refractivity contribution is 7.08. The summed E-state index contributed by atoms with van der Waals surface area (Å²) >= 11 is 1.66. The number of anilines is 1. The van der Waals surface area contributed by atoms with Gasteiger partial charge in [-0.15, -0.1) is 0 Å². The zero-order chi connectivity index (χ0) is 23.4. The van der Waals surface area contributed by atoms with Crippen LogP contribution in [0.2, 0.25) is 0 Å². The van der Waals surface area contributed by atoms with Crippen molar-refractivity contribution < 1.29 is 4.79 Å². The first-order valence-electron chi connectivity index (χ1n) is 11.5. The number of H-pyrrole nitrogens is 2. The van der Waals surface area contributed by atoms with Crippen LogP contribution in [-0.4, -0.2) is 31.1 Å². The van der Waals surface area contributed by atoms with Crippen LogP contribution in [0.4, 0.5) is 5.69 Å². The van der Waals surface area contributed by atoms with Gasteiger partial charge in [0.25, 0.3) is 0 Å². The number of thiophene rings is 1. The van der Waals surface area contributed by atoms with Crippen molar-refractivity contribution in [1.29, 1.82) is 0 Å². The summed E-state index contributed by atoms with van der Waals surface area (Å²) in [6.45, 7) is 0. The number of amides is 1. The first kappa shape index (κ1) is 20.1. The second-order valence-corrected chi connectivity index (χ2v) is 9.65. The molecule has 1 aliphatic rings. The monoisotopic (exact) mass is 476 g/mol. The fourth-order valence-corrected chi connectivity index (χ4v) is 5.11. The minimum absolute atomic E-state index is 0.0756. The highest BCUT2D eigenvalue weighted by Crippen LogP contribution is 2.35. The van der Waals surface area contributed by atoms with Crippen molar-refractivity contribution in [2.45, 2.75) is 12.8 Å². The van der Waals surface area contributed by atoms with Crippen LogP contribution in [0.5, 0.6) is 0 Å². The van der Waals surface area contributed by atoms with E-state index in [1.807, 2.05) is 36.7 Å². The van der Waals surface area contributed by atoms with Gasteiger partial charge in [0.15, 0.2) is 0 Å². The van der Waals surface area contributed by atoms with Crippen LogP contribution in [0, 0.1) is 5.92 Å². The van der Waals surface area contributed by atoms with E-state index in [9.17, 15) is 4.79 Å². The third kappa shape index (κ3) is 3.59. The smallest absolute Gasteiger partial charge is 0.227 e. The topological polar surface area (TPSA) is 99.3 Å². The van der Waals surface area contributed by atoms with E-state index in [0.717, 1.165) is 74.1 Å². The lowest BCUT2D eigenvalue weighted by Gasteiger charge is -2.07. The molecule has 0 bridgehead atoms. The lowest BCUT2D eigenvalue weighted by atomic mass is 10.0. The van der Waals surface area contributed by atoms with Gasteiger partial charge in [-0.1, -0.05) is 6.07 Å². The molecule has 1 saturated carbocycles. The molecule has 0 radical (unpaired) electrons. The number of carbonyl (C=O) groups is 1. The summed E-state index contributed by atoms with van der Waals surface area (Å²) in [5.74, 6) is 0.224. The van der Waals surface area contributed by atoms with Gasteiger partial charge in [-0.3, -0.25) is 19.9 Å². The van der Waals surface area contributed by atoms with E-state index in [4.69, 9.17) is 0 Å². The van der Waals surface area contributed by atoms with E-state index in [1.165, 1.54) is 0 Å². The van der Waals surface area contributed by atoms with Gasteiger partial charge in [0, 0.05) is 51.1 Å². The Balaban J connectivity index is 1.29. The number of aromatic amines is 2. The molecule has 3 N–H and O–H groups in total. The fourth-order valence-electron chi connectivity index (χ4n) is 4.47. The molecule has 7 rings (SSSR count). The largest absolute Gasteiger partial charge is 0.353 e. The summed E-state index contributed by atoms with van der Waals surface area (Å²) in [5, 5.41) is 17.0. The molecule has 1 aromatic carbocycles. The van der Waals surface area contributed by atoms with E-state index >= 15 is 0 Å². The Labute approximate surface area is 204 Å². The molecule has 1 aliphatic carbocycles. The number of fused-ring (bicyclic) bond motifs is 2. The molecule has 8 heteroatoms. The SMILES string of the molecule is O=C(Nc1cncc(-c2ccc3[nH]nc(-c4cc5c(-c6ccsc6)nccc5[nH]4)c3c2)c1)C1CC1. The zero-order valence-corrected chi connectivity index (χ0v) is 19.4. The van der Waals surface area contributed by atoms with Crippen molar-refractivity contribution >= 4 is 44.7 Å². The molecule has 0 atom stereocenters. The Morgan fingerprint density at radius 1 is 0.943 bits per heavy atom. The number of hydrogen-bond acceptors (Lipinski definition) is 5. The highest BCUT2D eigenvalue weighted by atomic mass is 32.1. The molecule has 7 nitrogen and oxygen atoms in total. The molecular formula is C27H20N6OS. The fraction of sp³-hybridized carbons (Fsp3) is 0.111. The third-order valence-corrected chi connectivity index (χ3v) is 7.13. The van der Waals surface area contributed by atoms with Gasteiger partial charge >= 0.3 is 0 Å². The number of pyridine rings is 2. The van der Waals surface area contributed by atoms with Crippen LogP contribution in [0.15, 0.2) is 71.8 Å². The molecule has 6 aromatic rings.